The van der Waals surface area contributed by atoms with Crippen molar-refractivity contribution in [3.8, 4) is 0 Å². The number of carboxylic acids is 2. The van der Waals surface area contributed by atoms with Gasteiger partial charge in [-0.3, -0.25) is 4.79 Å². The zero-order chi connectivity index (χ0) is 20.4. The van der Waals surface area contributed by atoms with Gasteiger partial charge in [-0.25, -0.2) is 9.59 Å². The first kappa shape index (κ1) is 21.1. The lowest BCUT2D eigenvalue weighted by Crippen LogP contribution is -2.41. The molecular weight excluding hydrogens is 358 g/mol. The maximum Gasteiger partial charge on any atom is 0.328 e. The molecule has 0 saturated carbocycles. The molecule has 0 bridgehead atoms. The highest BCUT2D eigenvalue weighted by molar-refractivity contribution is 6.01. The van der Waals surface area contributed by atoms with Gasteiger partial charge in [0.2, 0.25) is 0 Å². The van der Waals surface area contributed by atoms with Crippen molar-refractivity contribution >= 4 is 17.7 Å². The van der Waals surface area contributed by atoms with Crippen LogP contribution in [0.2, 0.25) is 0 Å². The molecule has 0 amide bonds. The topological polar surface area (TPSA) is 94.9 Å². The van der Waals surface area contributed by atoms with E-state index < -0.39 is 11.9 Å². The van der Waals surface area contributed by atoms with E-state index in [1.165, 1.54) is 6.42 Å². The molecule has 0 aromatic heterocycles. The Morgan fingerprint density at radius 2 is 1.36 bits per heavy atom. The van der Waals surface area contributed by atoms with Gasteiger partial charge in [0.05, 0.1) is 5.92 Å². The van der Waals surface area contributed by atoms with Gasteiger partial charge in [0.25, 0.3) is 0 Å². The monoisotopic (exact) mass is 381 g/mol. The molecule has 1 atom stereocenters. The Labute approximate surface area is 163 Å². The average molecular weight is 381 g/mol. The van der Waals surface area contributed by atoms with Crippen LogP contribution in [0.5, 0.6) is 0 Å². The van der Waals surface area contributed by atoms with Gasteiger partial charge in [-0.1, -0.05) is 60.7 Å². The van der Waals surface area contributed by atoms with Crippen molar-refractivity contribution in [2.24, 2.45) is 0 Å². The van der Waals surface area contributed by atoms with Crippen LogP contribution in [0.3, 0.4) is 0 Å². The predicted molar refractivity (Wildman–Crippen MR) is 105 cm³/mol. The van der Waals surface area contributed by atoms with E-state index in [4.69, 9.17) is 10.2 Å². The molecule has 6 nitrogen and oxygen atoms in total. The smallest absolute Gasteiger partial charge is 0.328 e. The second-order valence-corrected chi connectivity index (χ2v) is 6.36. The van der Waals surface area contributed by atoms with E-state index in [1.54, 1.807) is 0 Å². The third-order valence-corrected chi connectivity index (χ3v) is 4.33. The maximum atomic E-state index is 12.8. The summed E-state index contributed by atoms with van der Waals surface area (Å²) in [5.41, 5.74) is 1.93. The summed E-state index contributed by atoms with van der Waals surface area (Å²) >= 11 is 0. The highest BCUT2D eigenvalue weighted by Gasteiger charge is 2.26. The predicted octanol–water partition coefficient (Wildman–Crippen LogP) is 3.07. The maximum absolute atomic E-state index is 12.8. The van der Waals surface area contributed by atoms with E-state index in [0.29, 0.717) is 12.2 Å². The lowest BCUT2D eigenvalue weighted by Gasteiger charge is -2.33. The second kappa shape index (κ2) is 10.8. The highest BCUT2D eigenvalue weighted by Crippen LogP contribution is 2.24. The van der Waals surface area contributed by atoms with Crippen molar-refractivity contribution in [3.05, 3.63) is 83.9 Å². The minimum absolute atomic E-state index is 0.0566. The zero-order valence-corrected chi connectivity index (χ0v) is 15.4. The zero-order valence-electron chi connectivity index (χ0n) is 15.4. The average Bonchev–Trinajstić information content (AvgIpc) is 2.67. The summed E-state index contributed by atoms with van der Waals surface area (Å²) in [6, 6.07) is 19.8. The summed E-state index contributed by atoms with van der Waals surface area (Å²) in [4.78, 5) is 34.3. The van der Waals surface area contributed by atoms with E-state index in [9.17, 15) is 14.4 Å². The van der Waals surface area contributed by atoms with E-state index in [0.717, 1.165) is 30.8 Å². The molecule has 2 aromatic rings. The van der Waals surface area contributed by atoms with Gasteiger partial charge in [-0.05, 0) is 25.1 Å². The summed E-state index contributed by atoms with van der Waals surface area (Å²) in [5.74, 6) is -2.35. The number of aliphatic carboxylic acids is 2. The van der Waals surface area contributed by atoms with Crippen LogP contribution >= 0.6 is 0 Å². The number of likely N-dealkylation sites (tertiary alicyclic amines) is 1. The normalized spacial score (nSPS) is 14.4. The Bertz CT molecular complexity index is 797. The lowest BCUT2D eigenvalue weighted by molar-refractivity contribution is -0.134. The molecule has 1 fully saturated rings. The molecule has 146 valence electrons. The molecule has 0 radical (unpaired) electrons. The first-order valence-electron chi connectivity index (χ1n) is 8.98. The summed E-state index contributed by atoms with van der Waals surface area (Å²) in [6.45, 7) is 3.06. The van der Waals surface area contributed by atoms with E-state index in [2.05, 4.69) is 17.0 Å². The molecule has 2 N–H and O–H groups in total. The number of Topliss-reactive ketones (excluding diaryl/α,β-unsaturated/α-hetero) is 1. The van der Waals surface area contributed by atoms with E-state index in [1.807, 2.05) is 48.5 Å². The molecule has 0 aliphatic carbocycles. The fraction of sp³-hybridized carbons (Fsp3) is 0.227. The summed E-state index contributed by atoms with van der Waals surface area (Å²) in [5, 5.41) is 15.6. The van der Waals surface area contributed by atoms with Crippen molar-refractivity contribution in [1.29, 1.82) is 0 Å². The quantitative estimate of drug-likeness (QED) is 0.565. The number of carboxylic acid groups (broad SMARTS) is 2. The van der Waals surface area contributed by atoms with E-state index in [-0.39, 0.29) is 11.7 Å². The number of carbonyl (C=O) groups excluding carboxylic acids is 1. The molecule has 1 aliphatic rings. The molecule has 28 heavy (non-hydrogen) atoms. The van der Waals surface area contributed by atoms with Gasteiger partial charge in [-0.2, -0.15) is 0 Å². The molecule has 1 aliphatic heterocycles. The Morgan fingerprint density at radius 1 is 0.857 bits per heavy atom. The minimum Gasteiger partial charge on any atom is -0.478 e. The molecular formula is C22H23NO5. The number of ketones is 1. The van der Waals surface area contributed by atoms with Crippen LogP contribution in [-0.4, -0.2) is 52.5 Å². The third-order valence-electron chi connectivity index (χ3n) is 4.33. The highest BCUT2D eigenvalue weighted by atomic mass is 16.4. The van der Waals surface area contributed by atoms with Crippen LogP contribution in [0.25, 0.3) is 0 Å². The second-order valence-electron chi connectivity index (χ2n) is 6.36. The van der Waals surface area contributed by atoms with Crippen molar-refractivity contribution in [2.75, 3.05) is 19.6 Å². The molecule has 1 saturated heterocycles. The van der Waals surface area contributed by atoms with Gasteiger partial charge in [0.1, 0.15) is 0 Å². The van der Waals surface area contributed by atoms with Crippen LogP contribution in [0.4, 0.5) is 0 Å². The fourth-order valence-corrected chi connectivity index (χ4v) is 2.79. The number of hydrogen-bond donors (Lipinski definition) is 2. The number of nitrogens with zero attached hydrogens (tertiary/aromatic N) is 1. The SMILES string of the molecule is O=C(O)/C=C\C(=O)O.O=C(c1ccccc1)C(CN1CCC1)c1ccccc1. The van der Waals surface area contributed by atoms with Crippen molar-refractivity contribution in [1.82, 2.24) is 4.90 Å². The number of hydrogen-bond acceptors (Lipinski definition) is 4. The number of benzene rings is 2. The molecule has 1 unspecified atom stereocenters. The van der Waals surface area contributed by atoms with Crippen molar-refractivity contribution < 1.29 is 24.6 Å². The summed E-state index contributed by atoms with van der Waals surface area (Å²) < 4.78 is 0. The van der Waals surface area contributed by atoms with Gasteiger partial charge >= 0.3 is 11.9 Å². The minimum atomic E-state index is -1.26. The van der Waals surface area contributed by atoms with Crippen LogP contribution in [-0.2, 0) is 9.59 Å². The van der Waals surface area contributed by atoms with Crippen LogP contribution in [0, 0.1) is 0 Å². The lowest BCUT2D eigenvalue weighted by atomic mass is 9.89. The van der Waals surface area contributed by atoms with Gasteiger partial charge < -0.3 is 15.1 Å². The Balaban J connectivity index is 0.000000300. The first-order chi connectivity index (χ1) is 13.5. The Kier molecular flexibility index (Phi) is 8.11. The van der Waals surface area contributed by atoms with Gasteiger partial charge in [-0.15, -0.1) is 0 Å². The largest absolute Gasteiger partial charge is 0.478 e. The molecule has 1 heterocycles. The standard InChI is InChI=1S/C18H19NO.C4H4O4/c20-18(16-10-5-2-6-11-16)17(14-19-12-7-13-19)15-8-3-1-4-9-15;5-3(6)1-2-4(7)8/h1-6,8-11,17H,7,12-14H2;1-2H,(H,5,6)(H,7,8)/b;2-1-. The first-order valence-corrected chi connectivity index (χ1v) is 8.98. The molecule has 2 aromatic carbocycles. The fourth-order valence-electron chi connectivity index (χ4n) is 2.79. The third kappa shape index (κ3) is 6.81. The number of carbonyl (C=O) groups is 3. The summed E-state index contributed by atoms with van der Waals surface area (Å²) in [6.07, 6.45) is 2.37. The van der Waals surface area contributed by atoms with Gasteiger partial charge in [0.15, 0.2) is 5.78 Å². The van der Waals surface area contributed by atoms with Gasteiger partial charge in [0, 0.05) is 24.3 Å². The van der Waals surface area contributed by atoms with Crippen molar-refractivity contribution in [2.45, 2.75) is 12.3 Å². The van der Waals surface area contributed by atoms with Crippen LogP contribution < -0.4 is 0 Å². The molecule has 0 spiro atoms. The van der Waals surface area contributed by atoms with E-state index >= 15 is 0 Å². The Morgan fingerprint density at radius 3 is 1.79 bits per heavy atom. The number of rotatable bonds is 7. The molecule has 6 heteroatoms. The van der Waals surface area contributed by atoms with Crippen LogP contribution in [0.1, 0.15) is 28.3 Å². The van der Waals surface area contributed by atoms with Crippen molar-refractivity contribution in [3.63, 3.8) is 0 Å². The summed E-state index contributed by atoms with van der Waals surface area (Å²) in [7, 11) is 0. The van der Waals surface area contributed by atoms with Crippen LogP contribution in [0.15, 0.2) is 72.8 Å². The molecule has 3 rings (SSSR count). The Hall–Kier alpha value is -3.25.